The highest BCUT2D eigenvalue weighted by Crippen LogP contribution is 2.23. The molecule has 1 aromatic carbocycles. The van der Waals surface area contributed by atoms with Crippen molar-refractivity contribution in [1.29, 1.82) is 0 Å². The predicted molar refractivity (Wildman–Crippen MR) is 98.9 cm³/mol. The molecule has 6 nitrogen and oxygen atoms in total. The number of carbonyl (C=O) groups is 1. The number of rotatable bonds is 7. The van der Waals surface area contributed by atoms with Gasteiger partial charge in [0.25, 0.3) is 11.8 Å². The maximum atomic E-state index is 12.1. The van der Waals surface area contributed by atoms with Crippen LogP contribution in [0.5, 0.6) is 5.88 Å². The molecule has 0 spiro atoms. The lowest BCUT2D eigenvalue weighted by molar-refractivity contribution is 0.0987. The van der Waals surface area contributed by atoms with Crippen molar-refractivity contribution >= 4 is 35.6 Å². The van der Waals surface area contributed by atoms with E-state index in [0.717, 1.165) is 6.54 Å². The summed E-state index contributed by atoms with van der Waals surface area (Å²) in [6, 6.07) is 8.99. The van der Waals surface area contributed by atoms with Crippen molar-refractivity contribution in [2.24, 2.45) is 0 Å². The zero-order valence-electron chi connectivity index (χ0n) is 13.9. The molecular formula is C17H21Cl2N3O3. The van der Waals surface area contributed by atoms with Crippen LogP contribution >= 0.6 is 24.0 Å². The van der Waals surface area contributed by atoms with E-state index in [1.165, 1.54) is 25.3 Å². The van der Waals surface area contributed by atoms with Gasteiger partial charge in [0.15, 0.2) is 0 Å². The summed E-state index contributed by atoms with van der Waals surface area (Å²) in [7, 11) is 2.10. The lowest BCUT2D eigenvalue weighted by Gasteiger charge is -2.34. The van der Waals surface area contributed by atoms with Crippen LogP contribution < -0.4 is 10.1 Å². The number of nitrogens with one attached hydrogen (secondary N) is 1. The SMILES string of the molecule is CN(CCOc1cc(C(=O)Nc2ccc(Cl)cc2)on1)C1CCC1.Cl. The number of hydrogen-bond donors (Lipinski definition) is 1. The summed E-state index contributed by atoms with van der Waals surface area (Å²) in [4.78, 5) is 14.4. The molecule has 0 aliphatic heterocycles. The molecule has 2 aromatic rings. The second-order valence-corrected chi connectivity index (χ2v) is 6.34. The van der Waals surface area contributed by atoms with E-state index < -0.39 is 0 Å². The third-order valence-corrected chi connectivity index (χ3v) is 4.46. The average Bonchev–Trinajstić information content (AvgIpc) is 2.97. The van der Waals surface area contributed by atoms with E-state index >= 15 is 0 Å². The van der Waals surface area contributed by atoms with Gasteiger partial charge in [0.2, 0.25) is 5.76 Å². The van der Waals surface area contributed by atoms with E-state index in [9.17, 15) is 4.79 Å². The number of nitrogens with zero attached hydrogens (tertiary/aromatic N) is 2. The molecule has 25 heavy (non-hydrogen) atoms. The maximum absolute atomic E-state index is 12.1. The molecule has 0 saturated heterocycles. The van der Waals surface area contributed by atoms with Crippen molar-refractivity contribution in [3.05, 3.63) is 41.1 Å². The van der Waals surface area contributed by atoms with Crippen LogP contribution in [0.2, 0.25) is 5.02 Å². The number of hydrogen-bond acceptors (Lipinski definition) is 5. The highest BCUT2D eigenvalue weighted by atomic mass is 35.5. The van der Waals surface area contributed by atoms with Gasteiger partial charge in [-0.3, -0.25) is 4.79 Å². The third-order valence-electron chi connectivity index (χ3n) is 4.21. The fraction of sp³-hybridized carbons (Fsp3) is 0.412. The molecule has 1 fully saturated rings. The van der Waals surface area contributed by atoms with Gasteiger partial charge in [0.1, 0.15) is 6.61 Å². The van der Waals surface area contributed by atoms with E-state index in [-0.39, 0.29) is 24.1 Å². The van der Waals surface area contributed by atoms with Gasteiger partial charge in [0.05, 0.1) is 6.07 Å². The molecule has 0 bridgehead atoms. The van der Waals surface area contributed by atoms with E-state index in [4.69, 9.17) is 20.9 Å². The molecule has 1 aliphatic rings. The summed E-state index contributed by atoms with van der Waals surface area (Å²) in [6.07, 6.45) is 3.83. The summed E-state index contributed by atoms with van der Waals surface area (Å²) in [5, 5.41) is 7.09. The zero-order valence-corrected chi connectivity index (χ0v) is 15.5. The lowest BCUT2D eigenvalue weighted by Crippen LogP contribution is -2.39. The Labute approximate surface area is 157 Å². The first kappa shape index (κ1) is 19.6. The molecule has 136 valence electrons. The van der Waals surface area contributed by atoms with Crippen molar-refractivity contribution in [3.8, 4) is 5.88 Å². The third kappa shape index (κ3) is 5.36. The van der Waals surface area contributed by atoms with E-state index in [0.29, 0.717) is 29.2 Å². The topological polar surface area (TPSA) is 67.6 Å². The second kappa shape index (κ2) is 9.08. The number of anilines is 1. The minimum absolute atomic E-state index is 0. The fourth-order valence-electron chi connectivity index (χ4n) is 2.46. The molecule has 8 heteroatoms. The molecule has 0 unspecified atom stereocenters. The second-order valence-electron chi connectivity index (χ2n) is 5.90. The van der Waals surface area contributed by atoms with Crippen LogP contribution in [-0.2, 0) is 0 Å². The Morgan fingerprint density at radius 1 is 1.40 bits per heavy atom. The van der Waals surface area contributed by atoms with Gasteiger partial charge in [-0.1, -0.05) is 18.0 Å². The number of aromatic nitrogens is 1. The zero-order chi connectivity index (χ0) is 16.9. The first-order valence-electron chi connectivity index (χ1n) is 7.98. The molecular weight excluding hydrogens is 365 g/mol. The van der Waals surface area contributed by atoms with Gasteiger partial charge < -0.3 is 19.5 Å². The Balaban J connectivity index is 0.00000225. The van der Waals surface area contributed by atoms with Crippen LogP contribution in [0, 0.1) is 0 Å². The van der Waals surface area contributed by atoms with Crippen molar-refractivity contribution in [1.82, 2.24) is 10.1 Å². The smallest absolute Gasteiger partial charge is 0.294 e. The number of likely N-dealkylation sites (N-methyl/N-ethyl adjacent to an activating group) is 1. The van der Waals surface area contributed by atoms with E-state index in [1.807, 2.05) is 0 Å². The molecule has 1 heterocycles. The molecule has 1 aromatic heterocycles. The summed E-state index contributed by atoms with van der Waals surface area (Å²) in [5.41, 5.74) is 0.630. The Morgan fingerprint density at radius 2 is 2.12 bits per heavy atom. The first-order chi connectivity index (χ1) is 11.6. The van der Waals surface area contributed by atoms with Gasteiger partial charge in [0, 0.05) is 23.3 Å². The molecule has 0 atom stereocenters. The fourth-order valence-corrected chi connectivity index (χ4v) is 2.59. The van der Waals surface area contributed by atoms with E-state index in [1.54, 1.807) is 24.3 Å². The minimum atomic E-state index is -0.383. The predicted octanol–water partition coefficient (Wildman–Crippen LogP) is 3.87. The first-order valence-corrected chi connectivity index (χ1v) is 8.36. The Morgan fingerprint density at radius 3 is 2.76 bits per heavy atom. The van der Waals surface area contributed by atoms with Crippen LogP contribution in [-0.4, -0.2) is 42.2 Å². The summed E-state index contributed by atoms with van der Waals surface area (Å²) in [6.45, 7) is 1.33. The van der Waals surface area contributed by atoms with Crippen molar-refractivity contribution in [2.45, 2.75) is 25.3 Å². The molecule has 1 saturated carbocycles. The number of carbonyl (C=O) groups excluding carboxylic acids is 1. The minimum Gasteiger partial charge on any atom is -0.474 e. The lowest BCUT2D eigenvalue weighted by atomic mass is 9.92. The summed E-state index contributed by atoms with van der Waals surface area (Å²) >= 11 is 5.81. The molecule has 0 radical (unpaired) electrons. The van der Waals surface area contributed by atoms with Crippen LogP contribution in [0.4, 0.5) is 5.69 Å². The van der Waals surface area contributed by atoms with E-state index in [2.05, 4.69) is 22.4 Å². The monoisotopic (exact) mass is 385 g/mol. The Kier molecular flexibility index (Phi) is 7.11. The van der Waals surface area contributed by atoms with Gasteiger partial charge in [-0.2, -0.15) is 0 Å². The normalized spacial score (nSPS) is 13.9. The van der Waals surface area contributed by atoms with Crippen molar-refractivity contribution in [2.75, 3.05) is 25.5 Å². The number of halogens is 2. The summed E-state index contributed by atoms with van der Waals surface area (Å²) < 4.78 is 10.6. The Bertz CT molecular complexity index is 687. The standard InChI is InChI=1S/C17H20ClN3O3.ClH/c1-21(14-3-2-4-14)9-10-23-16-11-15(24-20-16)17(22)19-13-7-5-12(18)6-8-13;/h5-8,11,14H,2-4,9-10H2,1H3,(H,19,22);1H. The average molecular weight is 386 g/mol. The maximum Gasteiger partial charge on any atom is 0.294 e. The van der Waals surface area contributed by atoms with Crippen molar-refractivity contribution in [3.63, 3.8) is 0 Å². The van der Waals surface area contributed by atoms with Crippen molar-refractivity contribution < 1.29 is 14.1 Å². The number of ether oxygens (including phenoxy) is 1. The van der Waals surface area contributed by atoms with Crippen LogP contribution in [0.3, 0.4) is 0 Å². The summed E-state index contributed by atoms with van der Waals surface area (Å²) in [5.74, 6) is 0.0387. The quantitative estimate of drug-likeness (QED) is 0.783. The van der Waals surface area contributed by atoms with Gasteiger partial charge in [-0.15, -0.1) is 12.4 Å². The largest absolute Gasteiger partial charge is 0.474 e. The Hall–Kier alpha value is -1.76. The number of benzene rings is 1. The van der Waals surface area contributed by atoms with Gasteiger partial charge in [-0.25, -0.2) is 0 Å². The number of amides is 1. The van der Waals surface area contributed by atoms with Crippen LogP contribution in [0.15, 0.2) is 34.9 Å². The highest BCUT2D eigenvalue weighted by molar-refractivity contribution is 6.30. The molecule has 1 aliphatic carbocycles. The molecule has 1 amide bonds. The highest BCUT2D eigenvalue weighted by Gasteiger charge is 2.21. The molecule has 1 N–H and O–H groups in total. The van der Waals surface area contributed by atoms with Crippen LogP contribution in [0.1, 0.15) is 29.8 Å². The van der Waals surface area contributed by atoms with Gasteiger partial charge >= 0.3 is 0 Å². The molecule has 3 rings (SSSR count). The van der Waals surface area contributed by atoms with Crippen LogP contribution in [0.25, 0.3) is 0 Å². The van der Waals surface area contributed by atoms with Gasteiger partial charge in [-0.05, 0) is 49.3 Å².